The number of aromatic amines is 1. The van der Waals surface area contributed by atoms with Gasteiger partial charge in [0.2, 0.25) is 0 Å². The Labute approximate surface area is 121 Å². The van der Waals surface area contributed by atoms with Crippen LogP contribution in [0.4, 0.5) is 0 Å². The Morgan fingerprint density at radius 2 is 2.29 bits per heavy atom. The molecule has 1 fully saturated rings. The van der Waals surface area contributed by atoms with E-state index in [1.54, 1.807) is 6.20 Å². The number of carbonyl (C=O) groups is 1. The van der Waals surface area contributed by atoms with Crippen molar-refractivity contribution in [2.24, 2.45) is 0 Å². The number of benzene rings is 1. The highest BCUT2D eigenvalue weighted by Gasteiger charge is 2.28. The Kier molecular flexibility index (Phi) is 2.73. The smallest absolute Gasteiger partial charge is 0.253 e. The number of fused-ring (bicyclic) bond motifs is 1. The minimum Gasteiger partial charge on any atom is -0.361 e. The van der Waals surface area contributed by atoms with Gasteiger partial charge in [0, 0.05) is 41.9 Å². The summed E-state index contributed by atoms with van der Waals surface area (Å²) in [7, 11) is 0. The molecule has 1 aliphatic rings. The highest BCUT2D eigenvalue weighted by molar-refractivity contribution is 5.98. The van der Waals surface area contributed by atoms with Crippen LogP contribution in [-0.2, 0) is 0 Å². The molecule has 1 atom stereocenters. The van der Waals surface area contributed by atoms with E-state index in [9.17, 15) is 4.79 Å². The van der Waals surface area contributed by atoms with Crippen LogP contribution in [0.1, 0.15) is 22.8 Å². The molecule has 0 spiro atoms. The number of H-pyrrole nitrogens is 1. The number of likely N-dealkylation sites (tertiary alicyclic amines) is 1. The lowest BCUT2D eigenvalue weighted by Crippen LogP contribution is -2.29. The monoisotopic (exact) mass is 281 g/mol. The molecular formula is C15H15N5O. The number of amides is 1. The molecule has 6 heteroatoms. The van der Waals surface area contributed by atoms with Gasteiger partial charge in [0.1, 0.15) is 0 Å². The van der Waals surface area contributed by atoms with Gasteiger partial charge < -0.3 is 9.88 Å². The molecule has 1 saturated heterocycles. The van der Waals surface area contributed by atoms with Gasteiger partial charge in [0.05, 0.1) is 12.2 Å². The first-order chi connectivity index (χ1) is 10.3. The van der Waals surface area contributed by atoms with Crippen molar-refractivity contribution >= 4 is 16.8 Å². The molecule has 106 valence electrons. The van der Waals surface area contributed by atoms with Crippen LogP contribution in [0.15, 0.2) is 42.9 Å². The summed E-state index contributed by atoms with van der Waals surface area (Å²) in [6.45, 7) is 1.45. The molecule has 3 aromatic rings. The van der Waals surface area contributed by atoms with Gasteiger partial charge in [-0.15, -0.1) is 5.10 Å². The van der Waals surface area contributed by atoms with E-state index in [4.69, 9.17) is 0 Å². The zero-order chi connectivity index (χ0) is 14.2. The second-order valence-electron chi connectivity index (χ2n) is 5.36. The number of aromatic nitrogens is 4. The fourth-order valence-corrected chi connectivity index (χ4v) is 2.92. The molecule has 1 N–H and O–H groups in total. The van der Waals surface area contributed by atoms with Crippen LogP contribution in [0.5, 0.6) is 0 Å². The third-order valence-electron chi connectivity index (χ3n) is 4.07. The first-order valence-electron chi connectivity index (χ1n) is 7.03. The number of hydrogen-bond acceptors (Lipinski definition) is 3. The van der Waals surface area contributed by atoms with Crippen LogP contribution in [0.3, 0.4) is 0 Å². The Balaban J connectivity index is 1.55. The van der Waals surface area contributed by atoms with E-state index in [0.717, 1.165) is 29.4 Å². The predicted molar refractivity (Wildman–Crippen MR) is 77.9 cm³/mol. The van der Waals surface area contributed by atoms with E-state index in [0.29, 0.717) is 6.54 Å². The maximum Gasteiger partial charge on any atom is 0.253 e. The largest absolute Gasteiger partial charge is 0.361 e. The van der Waals surface area contributed by atoms with Crippen LogP contribution in [-0.4, -0.2) is 43.9 Å². The summed E-state index contributed by atoms with van der Waals surface area (Å²) in [6, 6.07) is 7.98. The fourth-order valence-electron chi connectivity index (χ4n) is 2.92. The molecule has 21 heavy (non-hydrogen) atoms. The molecule has 2 aromatic heterocycles. The van der Waals surface area contributed by atoms with Gasteiger partial charge in [-0.1, -0.05) is 5.21 Å². The number of rotatable bonds is 2. The lowest BCUT2D eigenvalue weighted by Gasteiger charge is -2.16. The van der Waals surface area contributed by atoms with E-state index < -0.39 is 0 Å². The van der Waals surface area contributed by atoms with Crippen molar-refractivity contribution in [3.05, 3.63) is 48.4 Å². The van der Waals surface area contributed by atoms with E-state index in [-0.39, 0.29) is 11.9 Å². The SMILES string of the molecule is O=C(c1ccc2[nH]ccc2c1)N1CCC(n2ccnn2)C1. The van der Waals surface area contributed by atoms with Crippen molar-refractivity contribution in [2.45, 2.75) is 12.5 Å². The highest BCUT2D eigenvalue weighted by Crippen LogP contribution is 2.23. The van der Waals surface area contributed by atoms with Gasteiger partial charge in [-0.05, 0) is 30.7 Å². The molecule has 1 unspecified atom stereocenters. The van der Waals surface area contributed by atoms with Crippen molar-refractivity contribution in [1.82, 2.24) is 24.9 Å². The Hall–Kier alpha value is -2.63. The van der Waals surface area contributed by atoms with Gasteiger partial charge in [0.25, 0.3) is 5.91 Å². The van der Waals surface area contributed by atoms with Gasteiger partial charge in [-0.3, -0.25) is 4.79 Å². The number of nitrogens with zero attached hydrogens (tertiary/aromatic N) is 4. The summed E-state index contributed by atoms with van der Waals surface area (Å²) < 4.78 is 1.84. The summed E-state index contributed by atoms with van der Waals surface area (Å²) in [5, 5.41) is 8.92. The minimum absolute atomic E-state index is 0.0840. The van der Waals surface area contributed by atoms with Gasteiger partial charge in [0.15, 0.2) is 0 Å². The Morgan fingerprint density at radius 3 is 3.14 bits per heavy atom. The summed E-state index contributed by atoms with van der Waals surface area (Å²) >= 11 is 0. The maximum atomic E-state index is 12.6. The average molecular weight is 281 g/mol. The summed E-state index contributed by atoms with van der Waals surface area (Å²) in [5.41, 5.74) is 1.79. The predicted octanol–water partition coefficient (Wildman–Crippen LogP) is 1.85. The summed E-state index contributed by atoms with van der Waals surface area (Å²) in [5.74, 6) is 0.0840. The highest BCUT2D eigenvalue weighted by atomic mass is 16.2. The second kappa shape index (κ2) is 4.73. The molecule has 4 rings (SSSR count). The van der Waals surface area contributed by atoms with Crippen LogP contribution >= 0.6 is 0 Å². The van der Waals surface area contributed by atoms with E-state index >= 15 is 0 Å². The minimum atomic E-state index is 0.0840. The van der Waals surface area contributed by atoms with Gasteiger partial charge in [-0.2, -0.15) is 0 Å². The van der Waals surface area contributed by atoms with Crippen molar-refractivity contribution in [3.63, 3.8) is 0 Å². The first kappa shape index (κ1) is 12.1. The molecule has 1 amide bonds. The lowest BCUT2D eigenvalue weighted by atomic mass is 10.1. The molecule has 1 aromatic carbocycles. The molecule has 0 saturated carbocycles. The Morgan fingerprint density at radius 1 is 1.33 bits per heavy atom. The molecular weight excluding hydrogens is 266 g/mol. The second-order valence-corrected chi connectivity index (χ2v) is 5.36. The molecule has 0 bridgehead atoms. The zero-order valence-corrected chi connectivity index (χ0v) is 11.4. The molecule has 0 radical (unpaired) electrons. The third-order valence-corrected chi connectivity index (χ3v) is 4.07. The first-order valence-corrected chi connectivity index (χ1v) is 7.03. The van der Waals surface area contributed by atoms with Gasteiger partial charge >= 0.3 is 0 Å². The molecule has 3 heterocycles. The standard InChI is InChI=1S/C15H15N5O/c21-15(12-1-2-14-11(9-12)3-5-16-14)19-7-4-13(10-19)20-8-6-17-18-20/h1-3,5-6,8-9,13,16H,4,7,10H2. The summed E-state index contributed by atoms with van der Waals surface area (Å²) in [4.78, 5) is 17.6. The van der Waals surface area contributed by atoms with Crippen molar-refractivity contribution in [3.8, 4) is 0 Å². The van der Waals surface area contributed by atoms with Crippen molar-refractivity contribution < 1.29 is 4.79 Å². The maximum absolute atomic E-state index is 12.6. The van der Waals surface area contributed by atoms with Crippen LogP contribution in [0.2, 0.25) is 0 Å². The van der Waals surface area contributed by atoms with Crippen molar-refractivity contribution in [1.29, 1.82) is 0 Å². The number of nitrogens with one attached hydrogen (secondary N) is 1. The van der Waals surface area contributed by atoms with Crippen LogP contribution in [0.25, 0.3) is 10.9 Å². The van der Waals surface area contributed by atoms with Crippen molar-refractivity contribution in [2.75, 3.05) is 13.1 Å². The normalized spacial score (nSPS) is 18.5. The van der Waals surface area contributed by atoms with Gasteiger partial charge in [-0.25, -0.2) is 4.68 Å². The summed E-state index contributed by atoms with van der Waals surface area (Å²) in [6.07, 6.45) is 6.33. The molecule has 0 aliphatic carbocycles. The number of hydrogen-bond donors (Lipinski definition) is 1. The van der Waals surface area contributed by atoms with Crippen LogP contribution in [0, 0.1) is 0 Å². The quantitative estimate of drug-likeness (QED) is 0.779. The fraction of sp³-hybridized carbons (Fsp3) is 0.267. The Bertz CT molecular complexity index is 776. The number of carbonyl (C=O) groups excluding carboxylic acids is 1. The van der Waals surface area contributed by atoms with E-state index in [2.05, 4.69) is 15.3 Å². The van der Waals surface area contributed by atoms with E-state index in [1.807, 2.05) is 46.2 Å². The molecule has 1 aliphatic heterocycles. The van der Waals surface area contributed by atoms with Crippen LogP contribution < -0.4 is 0 Å². The molecule has 6 nitrogen and oxygen atoms in total. The lowest BCUT2D eigenvalue weighted by molar-refractivity contribution is 0.0787. The average Bonchev–Trinajstić information content (AvgIpc) is 3.24. The zero-order valence-electron chi connectivity index (χ0n) is 11.4. The topological polar surface area (TPSA) is 66.8 Å². The third kappa shape index (κ3) is 2.08. The van der Waals surface area contributed by atoms with E-state index in [1.165, 1.54) is 0 Å².